The lowest BCUT2D eigenvalue weighted by atomic mass is 10.2. The molecule has 0 saturated carbocycles. The van der Waals surface area contributed by atoms with Crippen molar-refractivity contribution < 1.29 is 9.59 Å². The van der Waals surface area contributed by atoms with Crippen molar-refractivity contribution in [3.63, 3.8) is 0 Å². The quantitative estimate of drug-likeness (QED) is 0.437. The maximum atomic E-state index is 12.4. The van der Waals surface area contributed by atoms with Crippen LogP contribution >= 0.6 is 23.1 Å². The van der Waals surface area contributed by atoms with Crippen molar-refractivity contribution in [2.45, 2.75) is 17.3 Å². The molecule has 134 valence electrons. The number of hydrogen-bond acceptors (Lipinski definition) is 7. The van der Waals surface area contributed by atoms with Gasteiger partial charge in [0, 0.05) is 11.3 Å². The molecule has 8 nitrogen and oxygen atoms in total. The van der Waals surface area contributed by atoms with Crippen molar-refractivity contribution in [2.24, 2.45) is 5.73 Å². The van der Waals surface area contributed by atoms with Gasteiger partial charge in [0.2, 0.25) is 17.0 Å². The van der Waals surface area contributed by atoms with Crippen molar-refractivity contribution in [1.82, 2.24) is 14.9 Å². The van der Waals surface area contributed by atoms with E-state index in [4.69, 9.17) is 11.6 Å². The van der Waals surface area contributed by atoms with Crippen molar-refractivity contribution >= 4 is 40.6 Å². The molecule has 0 radical (unpaired) electrons. The largest absolute Gasteiger partial charge is 0.366 e. The molecule has 26 heavy (non-hydrogen) atoms. The Morgan fingerprint density at radius 1 is 1.23 bits per heavy atom. The van der Waals surface area contributed by atoms with Gasteiger partial charge >= 0.3 is 0 Å². The summed E-state index contributed by atoms with van der Waals surface area (Å²) in [6.07, 6.45) is 0. The van der Waals surface area contributed by atoms with Gasteiger partial charge in [-0.25, -0.2) is 4.68 Å². The van der Waals surface area contributed by atoms with Crippen molar-refractivity contribution in [2.75, 3.05) is 11.2 Å². The zero-order valence-electron chi connectivity index (χ0n) is 13.7. The Morgan fingerprint density at radius 2 is 1.96 bits per heavy atom. The maximum Gasteiger partial charge on any atom is 0.248 e. The molecule has 0 aliphatic carbocycles. The molecule has 0 aliphatic rings. The second-order valence-corrected chi connectivity index (χ2v) is 7.60. The fourth-order valence-corrected chi connectivity index (χ4v) is 3.58. The smallest absolute Gasteiger partial charge is 0.248 e. The first-order valence-electron chi connectivity index (χ1n) is 7.57. The Labute approximate surface area is 157 Å². The number of nitrogens with one attached hydrogen (secondary N) is 1. The minimum Gasteiger partial charge on any atom is -0.366 e. The summed E-state index contributed by atoms with van der Waals surface area (Å²) in [5.74, 6) is 5.86. The van der Waals surface area contributed by atoms with Crippen molar-refractivity contribution in [3.8, 4) is 10.7 Å². The number of hydrogen-bond donors (Lipinski definition) is 3. The molecule has 3 aromatic rings. The van der Waals surface area contributed by atoms with E-state index < -0.39 is 11.2 Å². The Balaban J connectivity index is 1.65. The molecule has 1 atom stereocenters. The van der Waals surface area contributed by atoms with Crippen LogP contribution < -0.4 is 16.9 Å². The van der Waals surface area contributed by atoms with E-state index in [1.54, 1.807) is 31.2 Å². The van der Waals surface area contributed by atoms with Gasteiger partial charge in [0.05, 0.1) is 10.1 Å². The van der Waals surface area contributed by atoms with Crippen LogP contribution in [0.3, 0.4) is 0 Å². The number of carbonyl (C=O) groups excluding carboxylic acids is 2. The highest BCUT2D eigenvalue weighted by atomic mass is 32.2. The minimum absolute atomic E-state index is 0.220. The lowest BCUT2D eigenvalue weighted by Gasteiger charge is -2.11. The van der Waals surface area contributed by atoms with Crippen LogP contribution in [-0.2, 0) is 4.79 Å². The molecule has 3 rings (SSSR count). The van der Waals surface area contributed by atoms with Gasteiger partial charge in [-0.05, 0) is 42.6 Å². The third kappa shape index (κ3) is 3.86. The fourth-order valence-electron chi connectivity index (χ4n) is 2.10. The lowest BCUT2D eigenvalue weighted by Crippen LogP contribution is -2.23. The van der Waals surface area contributed by atoms with Crippen LogP contribution in [0.5, 0.6) is 0 Å². The van der Waals surface area contributed by atoms with Crippen LogP contribution in [0.4, 0.5) is 5.69 Å². The topological polar surface area (TPSA) is 129 Å². The number of aromatic nitrogens is 3. The number of nitrogens with zero attached hydrogens (tertiary/aromatic N) is 3. The van der Waals surface area contributed by atoms with Gasteiger partial charge in [-0.3, -0.25) is 9.59 Å². The van der Waals surface area contributed by atoms with Crippen molar-refractivity contribution in [1.29, 1.82) is 0 Å². The predicted molar refractivity (Wildman–Crippen MR) is 102 cm³/mol. The molecule has 10 heteroatoms. The highest BCUT2D eigenvalue weighted by Gasteiger charge is 2.20. The van der Waals surface area contributed by atoms with Crippen LogP contribution in [0.1, 0.15) is 17.3 Å². The first-order chi connectivity index (χ1) is 12.5. The molecule has 0 saturated heterocycles. The number of carbonyl (C=O) groups is 2. The van der Waals surface area contributed by atoms with E-state index in [0.717, 1.165) is 4.88 Å². The average Bonchev–Trinajstić information content (AvgIpc) is 3.26. The minimum atomic E-state index is -0.518. The average molecular weight is 388 g/mol. The summed E-state index contributed by atoms with van der Waals surface area (Å²) in [7, 11) is 0. The molecule has 0 fully saturated rings. The van der Waals surface area contributed by atoms with Crippen molar-refractivity contribution in [3.05, 3.63) is 47.3 Å². The predicted octanol–water partition coefficient (Wildman–Crippen LogP) is 1.94. The van der Waals surface area contributed by atoms with Crippen LogP contribution in [0.15, 0.2) is 46.9 Å². The highest BCUT2D eigenvalue weighted by molar-refractivity contribution is 8.00. The van der Waals surface area contributed by atoms with E-state index in [0.29, 0.717) is 22.2 Å². The van der Waals surface area contributed by atoms with Crippen LogP contribution in [0.25, 0.3) is 10.7 Å². The zero-order valence-corrected chi connectivity index (χ0v) is 15.4. The number of thiophene rings is 1. The molecular weight excluding hydrogens is 372 g/mol. The van der Waals surface area contributed by atoms with E-state index >= 15 is 0 Å². The summed E-state index contributed by atoms with van der Waals surface area (Å²) in [6.45, 7) is 1.75. The Bertz CT molecular complexity index is 921. The second-order valence-electron chi connectivity index (χ2n) is 5.34. The van der Waals surface area contributed by atoms with E-state index in [2.05, 4.69) is 15.5 Å². The van der Waals surface area contributed by atoms with Gasteiger partial charge in [-0.1, -0.05) is 17.8 Å². The molecule has 0 bridgehead atoms. The van der Waals surface area contributed by atoms with E-state index in [1.165, 1.54) is 27.8 Å². The standard InChI is InChI=1S/C16H16N6O2S2/c1-9(15(24)19-11-6-4-10(5-7-11)13(17)23)26-16-21-20-14(22(16)18)12-3-2-8-25-12/h2-9H,18H2,1H3,(H2,17,23)(H,19,24)/t9-/m1/s1. The number of primary amides is 1. The van der Waals surface area contributed by atoms with Gasteiger partial charge in [0.15, 0.2) is 5.82 Å². The highest BCUT2D eigenvalue weighted by Crippen LogP contribution is 2.27. The monoisotopic (exact) mass is 388 g/mol. The molecule has 2 amide bonds. The summed E-state index contributed by atoms with van der Waals surface area (Å²) in [6, 6.07) is 10.2. The third-order valence-corrected chi connectivity index (χ3v) is 5.42. The number of nitrogen functional groups attached to an aromatic ring is 1. The maximum absolute atomic E-state index is 12.4. The molecule has 5 N–H and O–H groups in total. The molecule has 0 unspecified atom stereocenters. The molecule has 2 aromatic heterocycles. The van der Waals surface area contributed by atoms with Gasteiger partial charge in [-0.2, -0.15) is 0 Å². The number of thioether (sulfide) groups is 1. The molecular formula is C16H16N6O2S2. The molecule has 0 spiro atoms. The number of amides is 2. The van der Waals surface area contributed by atoms with Crippen LogP contribution in [-0.4, -0.2) is 31.9 Å². The number of anilines is 1. The Morgan fingerprint density at radius 3 is 2.58 bits per heavy atom. The molecule has 1 aromatic carbocycles. The SMILES string of the molecule is C[C@@H](Sc1nnc(-c2cccs2)n1N)C(=O)Nc1ccc(C(N)=O)cc1. The summed E-state index contributed by atoms with van der Waals surface area (Å²) < 4.78 is 1.38. The van der Waals surface area contributed by atoms with Crippen LogP contribution in [0.2, 0.25) is 0 Å². The lowest BCUT2D eigenvalue weighted by molar-refractivity contribution is -0.115. The number of benzene rings is 1. The van der Waals surface area contributed by atoms with Crippen LogP contribution in [0, 0.1) is 0 Å². The van der Waals surface area contributed by atoms with E-state index in [1.807, 2.05) is 17.5 Å². The van der Waals surface area contributed by atoms with Gasteiger partial charge < -0.3 is 16.9 Å². The van der Waals surface area contributed by atoms with E-state index in [9.17, 15) is 9.59 Å². The third-order valence-electron chi connectivity index (χ3n) is 3.49. The van der Waals surface area contributed by atoms with Gasteiger partial charge in [0.25, 0.3) is 0 Å². The summed E-state index contributed by atoms with van der Waals surface area (Å²) >= 11 is 2.72. The summed E-state index contributed by atoms with van der Waals surface area (Å²) in [4.78, 5) is 24.3. The molecule has 0 aliphatic heterocycles. The van der Waals surface area contributed by atoms with Gasteiger partial charge in [-0.15, -0.1) is 21.5 Å². The fraction of sp³-hybridized carbons (Fsp3) is 0.125. The molecule has 2 heterocycles. The Hall–Kier alpha value is -2.85. The summed E-state index contributed by atoms with van der Waals surface area (Å²) in [5.41, 5.74) is 6.14. The number of nitrogens with two attached hydrogens (primary N) is 2. The van der Waals surface area contributed by atoms with E-state index in [-0.39, 0.29) is 5.91 Å². The number of rotatable bonds is 6. The first kappa shape index (κ1) is 18.0. The summed E-state index contributed by atoms with van der Waals surface area (Å²) in [5, 5.41) is 12.8. The normalized spacial score (nSPS) is 11.9. The second kappa shape index (κ2) is 7.58. The first-order valence-corrected chi connectivity index (χ1v) is 9.33. The Kier molecular flexibility index (Phi) is 5.24. The van der Waals surface area contributed by atoms with Gasteiger partial charge in [0.1, 0.15) is 0 Å². The zero-order chi connectivity index (χ0) is 18.7.